The molecule has 0 spiro atoms. The number of nitrogens with two attached hydrogens (primary N) is 1. The van der Waals surface area contributed by atoms with E-state index in [1.807, 2.05) is 0 Å². The van der Waals surface area contributed by atoms with E-state index in [2.05, 4.69) is 36.2 Å². The number of thiophene rings is 1. The summed E-state index contributed by atoms with van der Waals surface area (Å²) in [6.07, 6.45) is -2.56. The molecule has 0 radical (unpaired) electrons. The molecule has 204 valence electrons. The standard InChI is InChI=1S/C27H25ClF3N5O2S/c1-26(2,3)14-9-10-15-17(11-14)39-25(19(15)22(32)37)34-24(38)21-20(28)23-33-16(13-7-5-4-6-8-13)12-18(27(29,30)31)36(23)35-21/h4-8,12,14H,9-11H2,1-3H3,(H2,32,37)(H,34,38)/t14-/m1/s1. The van der Waals surface area contributed by atoms with E-state index in [-0.39, 0.29) is 32.3 Å². The smallest absolute Gasteiger partial charge is 0.365 e. The van der Waals surface area contributed by atoms with Crippen LogP contribution in [0.3, 0.4) is 0 Å². The van der Waals surface area contributed by atoms with Gasteiger partial charge in [0.25, 0.3) is 11.8 Å². The first-order valence-corrected chi connectivity index (χ1v) is 13.4. The van der Waals surface area contributed by atoms with Crippen molar-refractivity contribution in [3.05, 3.63) is 68.8 Å². The highest BCUT2D eigenvalue weighted by Crippen LogP contribution is 2.44. The average molecular weight is 576 g/mol. The number of anilines is 1. The van der Waals surface area contributed by atoms with Gasteiger partial charge in [0, 0.05) is 10.4 Å². The van der Waals surface area contributed by atoms with Gasteiger partial charge in [-0.25, -0.2) is 9.50 Å². The molecule has 0 unspecified atom stereocenters. The second-order valence-electron chi connectivity index (χ2n) is 10.6. The van der Waals surface area contributed by atoms with Gasteiger partial charge in [-0.2, -0.15) is 18.3 Å². The molecule has 0 bridgehead atoms. The van der Waals surface area contributed by atoms with Gasteiger partial charge in [-0.1, -0.05) is 62.7 Å². The number of carbonyl (C=O) groups is 2. The van der Waals surface area contributed by atoms with Gasteiger partial charge >= 0.3 is 6.18 Å². The summed E-state index contributed by atoms with van der Waals surface area (Å²) in [5, 5.41) is 6.41. The van der Waals surface area contributed by atoms with Gasteiger partial charge in [0.05, 0.1) is 11.3 Å². The minimum Gasteiger partial charge on any atom is -0.365 e. The van der Waals surface area contributed by atoms with Crippen LogP contribution in [0, 0.1) is 11.3 Å². The van der Waals surface area contributed by atoms with Crippen LogP contribution in [0.5, 0.6) is 0 Å². The zero-order valence-electron chi connectivity index (χ0n) is 21.3. The predicted octanol–water partition coefficient (Wildman–Crippen LogP) is 6.63. The van der Waals surface area contributed by atoms with Crippen LogP contribution in [0.1, 0.15) is 64.2 Å². The number of hydrogen-bond donors (Lipinski definition) is 2. The van der Waals surface area contributed by atoms with Crippen LogP contribution in [0.2, 0.25) is 5.02 Å². The number of hydrogen-bond acceptors (Lipinski definition) is 5. The molecule has 3 N–H and O–H groups in total. The third-order valence-corrected chi connectivity index (χ3v) is 8.59. The number of carbonyl (C=O) groups excluding carboxylic acids is 2. The molecule has 3 aromatic heterocycles. The molecule has 1 aliphatic rings. The van der Waals surface area contributed by atoms with Crippen LogP contribution >= 0.6 is 22.9 Å². The number of amides is 2. The molecule has 12 heteroatoms. The topological polar surface area (TPSA) is 102 Å². The number of nitrogens with zero attached hydrogens (tertiary/aromatic N) is 3. The van der Waals surface area contributed by atoms with E-state index in [1.165, 1.54) is 11.3 Å². The van der Waals surface area contributed by atoms with Crippen LogP contribution in [0.4, 0.5) is 18.2 Å². The first kappa shape index (κ1) is 27.1. The van der Waals surface area contributed by atoms with Crippen molar-refractivity contribution in [2.45, 2.75) is 46.2 Å². The summed E-state index contributed by atoms with van der Waals surface area (Å²) in [4.78, 5) is 30.9. The van der Waals surface area contributed by atoms with Crippen molar-refractivity contribution >= 4 is 45.4 Å². The highest BCUT2D eigenvalue weighted by atomic mass is 35.5. The predicted molar refractivity (Wildman–Crippen MR) is 144 cm³/mol. The Balaban J connectivity index is 1.56. The largest absolute Gasteiger partial charge is 0.433 e. The second kappa shape index (κ2) is 9.63. The molecule has 0 saturated carbocycles. The summed E-state index contributed by atoms with van der Waals surface area (Å²) in [6, 6.07) is 9.17. The van der Waals surface area contributed by atoms with E-state index in [4.69, 9.17) is 17.3 Å². The minimum absolute atomic E-state index is 0.0273. The normalized spacial score (nSPS) is 15.8. The highest BCUT2D eigenvalue weighted by molar-refractivity contribution is 7.17. The number of alkyl halides is 3. The molecular formula is C27H25ClF3N5O2S. The van der Waals surface area contributed by atoms with Crippen LogP contribution < -0.4 is 11.1 Å². The summed E-state index contributed by atoms with van der Waals surface area (Å²) < 4.78 is 42.5. The van der Waals surface area contributed by atoms with Crippen molar-refractivity contribution in [3.63, 3.8) is 0 Å². The second-order valence-corrected chi connectivity index (χ2v) is 12.1. The average Bonchev–Trinajstić information content (AvgIpc) is 3.39. The van der Waals surface area contributed by atoms with Crippen LogP contribution in [0.15, 0.2) is 36.4 Å². The summed E-state index contributed by atoms with van der Waals surface area (Å²) in [6.45, 7) is 6.48. The van der Waals surface area contributed by atoms with Crippen molar-refractivity contribution < 1.29 is 22.8 Å². The van der Waals surface area contributed by atoms with E-state index in [0.717, 1.165) is 29.3 Å². The molecular weight excluding hydrogens is 551 g/mol. The van der Waals surface area contributed by atoms with E-state index >= 15 is 0 Å². The zero-order valence-corrected chi connectivity index (χ0v) is 22.9. The summed E-state index contributed by atoms with van der Waals surface area (Å²) >= 11 is 7.66. The fourth-order valence-corrected chi connectivity index (χ4v) is 6.51. The molecule has 5 rings (SSSR count). The maximum Gasteiger partial charge on any atom is 0.433 e. The molecule has 0 fully saturated rings. The lowest BCUT2D eigenvalue weighted by molar-refractivity contribution is -0.142. The maximum atomic E-state index is 14.0. The number of fused-ring (bicyclic) bond motifs is 2. The number of rotatable bonds is 4. The number of benzene rings is 1. The van der Waals surface area contributed by atoms with Crippen molar-refractivity contribution in [1.29, 1.82) is 0 Å². The SMILES string of the molecule is CC(C)(C)[C@@H]1CCc2c(sc(NC(=O)c3nn4c(C(F)(F)F)cc(-c5ccccc5)nc4c3Cl)c2C(N)=O)C1. The van der Waals surface area contributed by atoms with Crippen LogP contribution in [-0.2, 0) is 19.0 Å². The van der Waals surface area contributed by atoms with Crippen molar-refractivity contribution in [2.75, 3.05) is 5.32 Å². The Labute approximate surface area is 231 Å². The van der Waals surface area contributed by atoms with Gasteiger partial charge in [-0.3, -0.25) is 9.59 Å². The first-order chi connectivity index (χ1) is 18.3. The summed E-state index contributed by atoms with van der Waals surface area (Å²) in [7, 11) is 0. The Morgan fingerprint density at radius 2 is 1.87 bits per heavy atom. The highest BCUT2D eigenvalue weighted by Gasteiger charge is 2.37. The Morgan fingerprint density at radius 3 is 2.49 bits per heavy atom. The van der Waals surface area contributed by atoms with E-state index < -0.39 is 29.4 Å². The van der Waals surface area contributed by atoms with Gasteiger partial charge in [0.2, 0.25) is 0 Å². The molecule has 1 atom stereocenters. The summed E-state index contributed by atoms with van der Waals surface area (Å²) in [5.74, 6) is -1.17. The molecule has 4 aromatic rings. The van der Waals surface area contributed by atoms with Crippen LogP contribution in [0.25, 0.3) is 16.9 Å². The third-order valence-electron chi connectivity index (χ3n) is 7.07. The lowest BCUT2D eigenvalue weighted by Gasteiger charge is -2.33. The lowest BCUT2D eigenvalue weighted by atomic mass is 9.72. The van der Waals surface area contributed by atoms with Gasteiger partial charge in [0.1, 0.15) is 10.0 Å². The van der Waals surface area contributed by atoms with E-state index in [0.29, 0.717) is 22.4 Å². The Bertz CT molecular complexity index is 1610. The number of aromatic nitrogens is 3. The number of halogens is 4. The van der Waals surface area contributed by atoms with Crippen molar-refractivity contribution in [3.8, 4) is 11.3 Å². The fraction of sp³-hybridized carbons (Fsp3) is 0.333. The minimum atomic E-state index is -4.80. The molecule has 0 aliphatic heterocycles. The lowest BCUT2D eigenvalue weighted by Crippen LogP contribution is -2.27. The maximum absolute atomic E-state index is 14.0. The van der Waals surface area contributed by atoms with Gasteiger partial charge in [0.15, 0.2) is 17.0 Å². The van der Waals surface area contributed by atoms with Crippen molar-refractivity contribution in [2.24, 2.45) is 17.1 Å². The summed E-state index contributed by atoms with van der Waals surface area (Å²) in [5.41, 5.74) is 5.34. The molecule has 2 amide bonds. The molecule has 3 heterocycles. The van der Waals surface area contributed by atoms with Crippen molar-refractivity contribution in [1.82, 2.24) is 14.6 Å². The molecule has 1 aliphatic carbocycles. The fourth-order valence-electron chi connectivity index (χ4n) is 4.93. The third kappa shape index (κ3) is 5.00. The Hall–Kier alpha value is -3.44. The molecule has 0 saturated heterocycles. The van der Waals surface area contributed by atoms with E-state index in [9.17, 15) is 22.8 Å². The molecule has 1 aromatic carbocycles. The Kier molecular flexibility index (Phi) is 6.70. The van der Waals surface area contributed by atoms with Crippen LogP contribution in [-0.4, -0.2) is 26.4 Å². The molecule has 7 nitrogen and oxygen atoms in total. The zero-order chi connectivity index (χ0) is 28.3. The van der Waals surface area contributed by atoms with Gasteiger partial charge in [-0.05, 0) is 42.2 Å². The quantitative estimate of drug-likeness (QED) is 0.285. The number of primary amides is 1. The number of nitrogens with one attached hydrogen (secondary N) is 1. The van der Waals surface area contributed by atoms with Gasteiger partial charge < -0.3 is 11.1 Å². The van der Waals surface area contributed by atoms with Gasteiger partial charge in [-0.15, -0.1) is 11.3 Å². The van der Waals surface area contributed by atoms with E-state index in [1.54, 1.807) is 30.3 Å². The first-order valence-electron chi connectivity index (χ1n) is 12.2. The monoisotopic (exact) mass is 575 g/mol. The molecule has 39 heavy (non-hydrogen) atoms. The Morgan fingerprint density at radius 1 is 1.18 bits per heavy atom.